The Labute approximate surface area is 170 Å². The van der Waals surface area contributed by atoms with Crippen molar-refractivity contribution in [2.75, 3.05) is 17.8 Å². The van der Waals surface area contributed by atoms with E-state index in [4.69, 9.17) is 0 Å². The predicted octanol–water partition coefficient (Wildman–Crippen LogP) is 3.60. The van der Waals surface area contributed by atoms with E-state index in [9.17, 15) is 18.0 Å². The number of carbonyl (C=O) groups excluding carboxylic acids is 2. The average molecular weight is 410 g/mol. The molecule has 150 valence electrons. The summed E-state index contributed by atoms with van der Waals surface area (Å²) in [5.41, 5.74) is 0.730. The second-order valence-electron chi connectivity index (χ2n) is 7.25. The number of sulfonamides is 1. The van der Waals surface area contributed by atoms with Crippen molar-refractivity contribution in [3.63, 3.8) is 0 Å². The summed E-state index contributed by atoms with van der Waals surface area (Å²) in [6, 6.07) is 14.8. The van der Waals surface area contributed by atoms with Gasteiger partial charge in [-0.25, -0.2) is 8.42 Å². The van der Waals surface area contributed by atoms with E-state index < -0.39 is 26.5 Å². The number of Topliss-reactive ketones (excluding diaryl/α,β-unsaturated/α-hetero) is 2. The summed E-state index contributed by atoms with van der Waals surface area (Å²) >= 11 is 0. The van der Waals surface area contributed by atoms with Crippen molar-refractivity contribution in [3.05, 3.63) is 76.3 Å². The summed E-state index contributed by atoms with van der Waals surface area (Å²) in [5.74, 6) is -1.04. The van der Waals surface area contributed by atoms with Crippen LogP contribution in [-0.4, -0.2) is 38.0 Å². The number of anilines is 1. The lowest BCUT2D eigenvalue weighted by Crippen LogP contribution is -2.38. The zero-order valence-corrected chi connectivity index (χ0v) is 16.7. The second kappa shape index (κ2) is 7.83. The Balaban J connectivity index is 1.87. The Morgan fingerprint density at radius 1 is 0.724 bits per heavy atom. The van der Waals surface area contributed by atoms with Crippen molar-refractivity contribution in [3.8, 4) is 0 Å². The number of hydrogen-bond acceptors (Lipinski definition) is 5. The first-order valence-corrected chi connectivity index (χ1v) is 11.2. The number of benzene rings is 2. The van der Waals surface area contributed by atoms with E-state index in [0.717, 1.165) is 25.7 Å². The van der Waals surface area contributed by atoms with Gasteiger partial charge >= 0.3 is 0 Å². The van der Waals surface area contributed by atoms with Crippen molar-refractivity contribution in [1.82, 2.24) is 4.90 Å². The van der Waals surface area contributed by atoms with Crippen LogP contribution in [0, 0.1) is 0 Å². The zero-order valence-electron chi connectivity index (χ0n) is 15.9. The van der Waals surface area contributed by atoms with Gasteiger partial charge in [-0.05, 0) is 25.0 Å². The van der Waals surface area contributed by atoms with Crippen LogP contribution in [0.3, 0.4) is 0 Å². The Hall–Kier alpha value is -2.93. The molecule has 1 N–H and O–H groups in total. The van der Waals surface area contributed by atoms with Crippen molar-refractivity contribution in [1.29, 1.82) is 0 Å². The van der Waals surface area contributed by atoms with Crippen molar-refractivity contribution < 1.29 is 18.0 Å². The number of carbonyl (C=O) groups is 2. The molecule has 0 saturated carbocycles. The maximum absolute atomic E-state index is 13.3. The minimum atomic E-state index is -4.25. The largest absolute Gasteiger partial charge is 0.367 e. The first-order chi connectivity index (χ1) is 14.0. The molecule has 0 atom stereocenters. The molecule has 0 aromatic heterocycles. The highest BCUT2D eigenvalue weighted by atomic mass is 32.2. The van der Waals surface area contributed by atoms with Crippen LogP contribution in [0.2, 0.25) is 0 Å². The minimum Gasteiger partial charge on any atom is -0.367 e. The first kappa shape index (κ1) is 19.4. The fourth-order valence-electron chi connectivity index (χ4n) is 3.88. The van der Waals surface area contributed by atoms with E-state index in [-0.39, 0.29) is 16.8 Å². The molecule has 0 amide bonds. The topological polar surface area (TPSA) is 83.6 Å². The highest BCUT2D eigenvalue weighted by molar-refractivity contribution is 7.97. The molecule has 1 aliphatic heterocycles. The van der Waals surface area contributed by atoms with Gasteiger partial charge in [0, 0.05) is 29.9 Å². The smallest absolute Gasteiger partial charge is 0.268 e. The number of ketones is 2. The van der Waals surface area contributed by atoms with E-state index >= 15 is 0 Å². The quantitative estimate of drug-likeness (QED) is 0.833. The summed E-state index contributed by atoms with van der Waals surface area (Å²) < 4.78 is 29.1. The molecule has 7 heteroatoms. The van der Waals surface area contributed by atoms with Gasteiger partial charge in [0.15, 0.2) is 4.91 Å². The number of allylic oxidation sites excluding steroid dienone is 2. The van der Waals surface area contributed by atoms with E-state index in [0.29, 0.717) is 18.8 Å². The highest BCUT2D eigenvalue weighted by Crippen LogP contribution is 2.33. The van der Waals surface area contributed by atoms with E-state index in [2.05, 4.69) is 4.72 Å². The SMILES string of the molecule is O=C1C(N2CCCCCC2)=C(S(=O)(=O)Nc2ccccc2)C(=O)c2ccccc21. The van der Waals surface area contributed by atoms with E-state index in [1.807, 2.05) is 0 Å². The molecule has 2 aliphatic rings. The number of rotatable bonds is 4. The molecule has 0 radical (unpaired) electrons. The third-order valence-electron chi connectivity index (χ3n) is 5.27. The molecule has 0 unspecified atom stereocenters. The molecule has 1 heterocycles. The van der Waals surface area contributed by atoms with E-state index in [1.54, 1.807) is 53.4 Å². The minimum absolute atomic E-state index is 0.000897. The maximum atomic E-state index is 13.3. The van der Waals surface area contributed by atoms with E-state index in [1.165, 1.54) is 6.07 Å². The lowest BCUT2D eigenvalue weighted by Gasteiger charge is -2.30. The van der Waals surface area contributed by atoms with Crippen molar-refractivity contribution in [2.45, 2.75) is 25.7 Å². The fourth-order valence-corrected chi connectivity index (χ4v) is 5.26. The molecule has 1 fully saturated rings. The average Bonchev–Trinajstić information content (AvgIpc) is 3.00. The maximum Gasteiger partial charge on any atom is 0.268 e. The van der Waals surface area contributed by atoms with Crippen LogP contribution < -0.4 is 4.72 Å². The Morgan fingerprint density at radius 3 is 1.90 bits per heavy atom. The van der Waals surface area contributed by atoms with Crippen LogP contribution in [0.5, 0.6) is 0 Å². The van der Waals surface area contributed by atoms with Gasteiger partial charge in [0.1, 0.15) is 5.70 Å². The molecule has 1 aliphatic carbocycles. The number of likely N-dealkylation sites (tertiary alicyclic amines) is 1. The molecule has 1 saturated heterocycles. The number of para-hydroxylation sites is 1. The summed E-state index contributed by atoms with van der Waals surface area (Å²) in [4.78, 5) is 28.0. The van der Waals surface area contributed by atoms with Gasteiger partial charge in [-0.15, -0.1) is 0 Å². The van der Waals surface area contributed by atoms with Gasteiger partial charge in [0.2, 0.25) is 11.6 Å². The molecule has 2 aromatic rings. The lowest BCUT2D eigenvalue weighted by atomic mass is 9.91. The molecular weight excluding hydrogens is 388 g/mol. The summed E-state index contributed by atoms with van der Waals surface area (Å²) in [6.45, 7) is 1.11. The summed E-state index contributed by atoms with van der Waals surface area (Å²) in [7, 11) is -4.25. The van der Waals surface area contributed by atoms with Gasteiger partial charge < -0.3 is 4.90 Å². The van der Waals surface area contributed by atoms with Gasteiger partial charge in [0.05, 0.1) is 0 Å². The number of hydrogen-bond donors (Lipinski definition) is 1. The standard InChI is InChI=1S/C22H22N2O4S/c25-20-17-12-6-7-13-18(17)21(26)22(19(20)24-14-8-1-2-9-15-24)29(27,28)23-16-10-4-3-5-11-16/h3-7,10-13,23H,1-2,8-9,14-15H2. The molecule has 2 aromatic carbocycles. The first-order valence-electron chi connectivity index (χ1n) is 9.74. The van der Waals surface area contributed by atoms with Crippen LogP contribution in [-0.2, 0) is 10.0 Å². The molecule has 4 rings (SSSR count). The van der Waals surface area contributed by atoms with Crippen LogP contribution in [0.15, 0.2) is 65.2 Å². The Morgan fingerprint density at radius 2 is 1.28 bits per heavy atom. The molecule has 0 bridgehead atoms. The predicted molar refractivity (Wildman–Crippen MR) is 111 cm³/mol. The Bertz CT molecular complexity index is 1080. The second-order valence-corrected chi connectivity index (χ2v) is 8.87. The van der Waals surface area contributed by atoms with Crippen molar-refractivity contribution in [2.24, 2.45) is 0 Å². The summed E-state index contributed by atoms with van der Waals surface area (Å²) in [6.07, 6.45) is 3.75. The van der Waals surface area contributed by atoms with Crippen LogP contribution in [0.4, 0.5) is 5.69 Å². The highest BCUT2D eigenvalue weighted by Gasteiger charge is 2.41. The summed E-state index contributed by atoms with van der Waals surface area (Å²) in [5, 5.41) is 0. The fraction of sp³-hybridized carbons (Fsp3) is 0.273. The number of fused-ring (bicyclic) bond motifs is 1. The third kappa shape index (κ3) is 3.70. The molecule has 6 nitrogen and oxygen atoms in total. The molecular formula is C22H22N2O4S. The van der Waals surface area contributed by atoms with Crippen LogP contribution in [0.1, 0.15) is 46.4 Å². The Kier molecular flexibility index (Phi) is 5.24. The number of nitrogens with zero attached hydrogens (tertiary/aromatic N) is 1. The molecule has 29 heavy (non-hydrogen) atoms. The van der Waals surface area contributed by atoms with Crippen molar-refractivity contribution >= 4 is 27.3 Å². The van der Waals surface area contributed by atoms with Gasteiger partial charge in [-0.3, -0.25) is 14.3 Å². The van der Waals surface area contributed by atoms with Gasteiger partial charge in [-0.2, -0.15) is 0 Å². The lowest BCUT2D eigenvalue weighted by molar-refractivity contribution is 0.0947. The zero-order chi connectivity index (χ0) is 20.4. The molecule has 0 spiro atoms. The third-order valence-corrected chi connectivity index (χ3v) is 6.69. The number of nitrogens with one attached hydrogen (secondary N) is 1. The van der Waals surface area contributed by atoms with Crippen LogP contribution in [0.25, 0.3) is 0 Å². The monoisotopic (exact) mass is 410 g/mol. The van der Waals surface area contributed by atoms with Gasteiger partial charge in [-0.1, -0.05) is 55.3 Å². The van der Waals surface area contributed by atoms with Crippen LogP contribution >= 0.6 is 0 Å². The van der Waals surface area contributed by atoms with Gasteiger partial charge in [0.25, 0.3) is 10.0 Å². The normalized spacial score (nSPS) is 17.7.